The molecule has 8 nitrogen and oxygen atoms in total. The van der Waals surface area contributed by atoms with Gasteiger partial charge in [-0.1, -0.05) is 12.8 Å². The Labute approximate surface area is 179 Å². The molecule has 0 aromatic carbocycles. The van der Waals surface area contributed by atoms with E-state index in [1.54, 1.807) is 18.5 Å². The van der Waals surface area contributed by atoms with Crippen LogP contribution in [0.4, 0.5) is 16.0 Å². The number of halogens is 1. The number of anilines is 2. The fourth-order valence-electron chi connectivity index (χ4n) is 4.54. The number of hydrogen-bond donors (Lipinski definition) is 4. The maximum absolute atomic E-state index is 14.7. The van der Waals surface area contributed by atoms with E-state index >= 15 is 0 Å². The third kappa shape index (κ3) is 4.14. The van der Waals surface area contributed by atoms with Gasteiger partial charge >= 0.3 is 0 Å². The number of rotatable bonds is 7. The molecule has 9 heteroatoms. The lowest BCUT2D eigenvalue weighted by Crippen LogP contribution is -2.34. The van der Waals surface area contributed by atoms with Gasteiger partial charge in [0.2, 0.25) is 18.3 Å². The zero-order chi connectivity index (χ0) is 21.4. The summed E-state index contributed by atoms with van der Waals surface area (Å²) >= 11 is 0. The van der Waals surface area contributed by atoms with Crippen LogP contribution in [0.1, 0.15) is 55.6 Å². The summed E-state index contributed by atoms with van der Waals surface area (Å²) in [5, 5.41) is 30.4. The highest BCUT2D eigenvalue weighted by Gasteiger charge is 2.33. The molecule has 3 aromatic heterocycles. The molecule has 2 saturated carbocycles. The van der Waals surface area contributed by atoms with Crippen molar-refractivity contribution in [2.24, 2.45) is 5.92 Å². The second-order valence-corrected chi connectivity index (χ2v) is 8.66. The zero-order valence-electron chi connectivity index (χ0n) is 17.3. The molecular weight excluding hydrogens is 399 g/mol. The second-order valence-electron chi connectivity index (χ2n) is 8.66. The lowest BCUT2D eigenvalue weighted by molar-refractivity contribution is -0.905. The van der Waals surface area contributed by atoms with Crippen LogP contribution in [0.2, 0.25) is 0 Å². The minimum absolute atomic E-state index is 0.140. The second kappa shape index (κ2) is 8.30. The van der Waals surface area contributed by atoms with E-state index in [4.69, 9.17) is 4.98 Å². The molecule has 0 bridgehead atoms. The topological polar surface area (TPSA) is 98.6 Å². The van der Waals surface area contributed by atoms with Gasteiger partial charge in [-0.15, -0.1) is 5.10 Å². The summed E-state index contributed by atoms with van der Waals surface area (Å²) in [5.41, 5.74) is 1.99. The fourth-order valence-corrected chi connectivity index (χ4v) is 4.54. The van der Waals surface area contributed by atoms with Crippen LogP contribution >= 0.6 is 0 Å². The molecule has 3 heterocycles. The van der Waals surface area contributed by atoms with Gasteiger partial charge < -0.3 is 15.7 Å². The van der Waals surface area contributed by atoms with Gasteiger partial charge in [-0.3, -0.25) is 5.21 Å². The van der Waals surface area contributed by atoms with E-state index in [2.05, 4.69) is 15.7 Å². The molecule has 0 radical (unpaired) electrons. The van der Waals surface area contributed by atoms with E-state index < -0.39 is 5.95 Å². The number of aliphatic hydroxyl groups excluding tert-OH is 1. The van der Waals surface area contributed by atoms with Crippen LogP contribution in [-0.4, -0.2) is 37.6 Å². The first-order valence-electron chi connectivity index (χ1n) is 11.0. The maximum Gasteiger partial charge on any atom is 0.238 e. The van der Waals surface area contributed by atoms with Gasteiger partial charge in [-0.05, 0) is 37.7 Å². The largest absolute Gasteiger partial charge is 0.396 e. The van der Waals surface area contributed by atoms with Gasteiger partial charge in [-0.2, -0.15) is 8.91 Å². The van der Waals surface area contributed by atoms with E-state index in [9.17, 15) is 14.7 Å². The Morgan fingerprint density at radius 2 is 2.06 bits per heavy atom. The molecule has 3 aromatic rings. The monoisotopic (exact) mass is 427 g/mol. The minimum atomic E-state index is -0.464. The normalized spacial score (nSPS) is 21.4. The van der Waals surface area contributed by atoms with E-state index in [1.807, 2.05) is 12.1 Å². The number of nitrogens with one attached hydrogen (secondary N) is 2. The van der Waals surface area contributed by atoms with E-state index in [0.717, 1.165) is 48.8 Å². The molecule has 164 valence electrons. The highest BCUT2D eigenvalue weighted by molar-refractivity contribution is 5.62. The average Bonchev–Trinajstić information content (AvgIpc) is 3.54. The molecule has 5 rings (SSSR count). The van der Waals surface area contributed by atoms with E-state index in [1.165, 1.54) is 4.52 Å². The highest BCUT2D eigenvalue weighted by atomic mass is 19.1. The summed E-state index contributed by atoms with van der Waals surface area (Å²) in [7, 11) is 0. The van der Waals surface area contributed by atoms with Crippen LogP contribution in [0.15, 0.2) is 30.6 Å². The van der Waals surface area contributed by atoms with Gasteiger partial charge in [0.25, 0.3) is 0 Å². The van der Waals surface area contributed by atoms with Crippen molar-refractivity contribution in [2.45, 2.75) is 57.0 Å². The number of hydrogen-bond acceptors (Lipinski definition) is 6. The number of aromatic nitrogens is 4. The van der Waals surface area contributed by atoms with E-state index in [-0.39, 0.29) is 24.5 Å². The molecule has 0 aliphatic heterocycles. The van der Waals surface area contributed by atoms with Gasteiger partial charge in [0.15, 0.2) is 5.65 Å². The first kappa shape index (κ1) is 20.0. The van der Waals surface area contributed by atoms with Gasteiger partial charge in [0, 0.05) is 47.5 Å². The Hall–Kier alpha value is -2.94. The number of aliphatic hydroxyl groups is 1. The molecule has 4 N–H and O–H groups in total. The number of nitrogens with zero attached hydrogens (tertiary/aromatic N) is 4. The van der Waals surface area contributed by atoms with Crippen LogP contribution < -0.4 is 15.4 Å². The van der Waals surface area contributed by atoms with Crippen molar-refractivity contribution in [3.63, 3.8) is 0 Å². The molecule has 0 amide bonds. The van der Waals surface area contributed by atoms with Crippen molar-refractivity contribution < 1.29 is 19.4 Å². The quantitative estimate of drug-likeness (QED) is 0.342. The van der Waals surface area contributed by atoms with Crippen molar-refractivity contribution in [3.8, 4) is 0 Å². The third-order valence-electron chi connectivity index (χ3n) is 6.36. The smallest absolute Gasteiger partial charge is 0.238 e. The molecular formula is C22H28FN6O2+. The Morgan fingerprint density at radius 3 is 2.84 bits per heavy atom. The molecule has 2 fully saturated rings. The Morgan fingerprint density at radius 1 is 1.23 bits per heavy atom. The van der Waals surface area contributed by atoms with E-state index in [0.29, 0.717) is 29.4 Å². The van der Waals surface area contributed by atoms with Gasteiger partial charge in [0.05, 0.1) is 5.56 Å². The van der Waals surface area contributed by atoms with Crippen LogP contribution in [0, 0.1) is 11.9 Å². The molecule has 0 unspecified atom stereocenters. The van der Waals surface area contributed by atoms with Gasteiger partial charge in [0.1, 0.15) is 11.6 Å². The first-order valence-corrected chi connectivity index (χ1v) is 11.0. The zero-order valence-corrected chi connectivity index (χ0v) is 17.3. The predicted molar refractivity (Wildman–Crippen MR) is 113 cm³/mol. The minimum Gasteiger partial charge on any atom is -0.396 e. The maximum atomic E-state index is 14.7. The summed E-state index contributed by atoms with van der Waals surface area (Å²) in [5.74, 6) is 1.19. The molecule has 31 heavy (non-hydrogen) atoms. The standard InChI is InChI=1S/C22H28FN6O2/c23-21-20(15-7-8-15)22-26-18(25-17-6-2-1-5-16(17)13-30)10-19(29(22)27-21)24-11-14-4-3-9-28(31)12-14/h3-4,9-10,12,15-17,24,30-31H,1-2,5-8,11,13H2,(H,25,26)/q+1/t16-,17-/m0/s1. The summed E-state index contributed by atoms with van der Waals surface area (Å²) < 4.78 is 17.2. The molecule has 2 aliphatic rings. The molecule has 0 saturated heterocycles. The van der Waals surface area contributed by atoms with Crippen molar-refractivity contribution in [1.82, 2.24) is 14.6 Å². The van der Waals surface area contributed by atoms with Crippen LogP contribution in [0.3, 0.4) is 0 Å². The number of fused-ring (bicyclic) bond motifs is 1. The first-order chi connectivity index (χ1) is 15.1. The lowest BCUT2D eigenvalue weighted by atomic mass is 9.85. The average molecular weight is 428 g/mol. The van der Waals surface area contributed by atoms with Crippen molar-refractivity contribution >= 4 is 17.3 Å². The third-order valence-corrected chi connectivity index (χ3v) is 6.36. The summed E-state index contributed by atoms with van der Waals surface area (Å²) in [6, 6.07) is 5.63. The summed E-state index contributed by atoms with van der Waals surface area (Å²) in [6.45, 7) is 0.581. The van der Waals surface area contributed by atoms with Crippen LogP contribution in [0.25, 0.3) is 5.65 Å². The Balaban J connectivity index is 1.49. The number of pyridine rings is 1. The predicted octanol–water partition coefficient (Wildman–Crippen LogP) is 2.85. The molecule has 0 spiro atoms. The van der Waals surface area contributed by atoms with Crippen molar-refractivity contribution in [3.05, 3.63) is 47.7 Å². The fraction of sp³-hybridized carbons (Fsp3) is 0.500. The lowest BCUT2D eigenvalue weighted by Gasteiger charge is -2.31. The van der Waals surface area contributed by atoms with Crippen LogP contribution in [-0.2, 0) is 6.54 Å². The van der Waals surface area contributed by atoms with Crippen molar-refractivity contribution in [2.75, 3.05) is 17.2 Å². The van der Waals surface area contributed by atoms with Crippen molar-refractivity contribution in [1.29, 1.82) is 0 Å². The Bertz CT molecular complexity index is 1080. The highest BCUT2D eigenvalue weighted by Crippen LogP contribution is 2.43. The Kier molecular flexibility index (Phi) is 5.35. The molecule has 2 atom stereocenters. The van der Waals surface area contributed by atoms with Gasteiger partial charge in [-0.25, -0.2) is 4.98 Å². The summed E-state index contributed by atoms with van der Waals surface area (Å²) in [4.78, 5) is 4.73. The molecule has 2 aliphatic carbocycles. The van der Waals surface area contributed by atoms with Crippen LogP contribution in [0.5, 0.6) is 0 Å². The summed E-state index contributed by atoms with van der Waals surface area (Å²) in [6.07, 6.45) is 9.28. The SMILES string of the molecule is OC[C@@H]1CCCC[C@@H]1Nc1cc(NCc2ccc[n+](O)c2)n2nc(F)c(C3CC3)c2n1.